The molecule has 3 rings (SSSR count). The molecule has 0 radical (unpaired) electrons. The quantitative estimate of drug-likeness (QED) is 0.761. The third kappa shape index (κ3) is 4.09. The van der Waals surface area contributed by atoms with Gasteiger partial charge in [-0.1, -0.05) is 0 Å². The Bertz CT molecular complexity index is 994. The first kappa shape index (κ1) is 21.5. The summed E-state index contributed by atoms with van der Waals surface area (Å²) in [7, 11) is -1.96. The highest BCUT2D eigenvalue weighted by Gasteiger charge is 2.35. The average molecular weight is 423 g/mol. The number of nitrogens with one attached hydrogen (secondary N) is 1. The Kier molecular flexibility index (Phi) is 6.13. The first-order valence-corrected chi connectivity index (χ1v) is 11.4. The molecule has 1 aliphatic rings. The zero-order chi connectivity index (χ0) is 21.3. The second-order valence-electron chi connectivity index (χ2n) is 7.65. The summed E-state index contributed by atoms with van der Waals surface area (Å²) in [6, 6.07) is -0.185. The topological polar surface area (TPSA) is 102 Å². The Balaban J connectivity index is 1.70. The normalized spacial score (nSPS) is 19.3. The molecule has 1 saturated heterocycles. The summed E-state index contributed by atoms with van der Waals surface area (Å²) < 4.78 is 30.9. The van der Waals surface area contributed by atoms with Crippen LogP contribution in [0.4, 0.5) is 0 Å². The summed E-state index contributed by atoms with van der Waals surface area (Å²) in [5.74, 6) is -0.497. The number of carbonyl (C=O) groups is 1. The standard InChI is InChI=1S/C19H30N6O3S/c1-6-25-14(3)17(10-21-25)13(2)22-19(26)16-8-7-9-24(12-16)29(27,28)18-11-20-23(5)15(18)4/h10-11,13,16H,6-9,12H2,1-5H3,(H,22,26)/t13-,16+/m1/s1. The lowest BCUT2D eigenvalue weighted by atomic mass is 9.98. The molecule has 29 heavy (non-hydrogen) atoms. The van der Waals surface area contributed by atoms with Gasteiger partial charge in [0.1, 0.15) is 4.90 Å². The number of piperidine rings is 1. The average Bonchev–Trinajstić information content (AvgIpc) is 3.24. The van der Waals surface area contributed by atoms with Crippen molar-refractivity contribution in [3.05, 3.63) is 29.3 Å². The van der Waals surface area contributed by atoms with Gasteiger partial charge in [0.05, 0.1) is 30.0 Å². The van der Waals surface area contributed by atoms with E-state index < -0.39 is 10.0 Å². The Labute approximate surface area is 172 Å². The zero-order valence-electron chi connectivity index (χ0n) is 17.7. The molecule has 160 valence electrons. The van der Waals surface area contributed by atoms with Crippen LogP contribution in [0.3, 0.4) is 0 Å². The number of aromatic nitrogens is 4. The number of carbonyl (C=O) groups excluding carboxylic acids is 1. The molecule has 0 aromatic carbocycles. The highest BCUT2D eigenvalue weighted by Crippen LogP contribution is 2.26. The maximum atomic E-state index is 13.0. The maximum absolute atomic E-state index is 13.0. The fraction of sp³-hybridized carbons (Fsp3) is 0.632. The molecule has 1 N–H and O–H groups in total. The molecule has 1 fully saturated rings. The molecule has 0 spiro atoms. The molecule has 0 saturated carbocycles. The minimum Gasteiger partial charge on any atom is -0.349 e. The van der Waals surface area contributed by atoms with Crippen molar-refractivity contribution in [2.45, 2.75) is 58.0 Å². The van der Waals surface area contributed by atoms with Crippen LogP contribution in [0.25, 0.3) is 0 Å². The van der Waals surface area contributed by atoms with Crippen molar-refractivity contribution in [3.8, 4) is 0 Å². The number of rotatable bonds is 6. The molecule has 0 bridgehead atoms. The van der Waals surface area contributed by atoms with Gasteiger partial charge in [-0.25, -0.2) is 8.42 Å². The first-order valence-electron chi connectivity index (χ1n) is 9.98. The Morgan fingerprint density at radius 3 is 2.59 bits per heavy atom. The molecule has 3 heterocycles. The van der Waals surface area contributed by atoms with Gasteiger partial charge in [0.2, 0.25) is 15.9 Å². The van der Waals surface area contributed by atoms with Gasteiger partial charge in [0.15, 0.2) is 0 Å². The Morgan fingerprint density at radius 2 is 2.00 bits per heavy atom. The van der Waals surface area contributed by atoms with E-state index >= 15 is 0 Å². The van der Waals surface area contributed by atoms with Crippen molar-refractivity contribution in [1.29, 1.82) is 0 Å². The van der Waals surface area contributed by atoms with E-state index in [2.05, 4.69) is 15.5 Å². The molecule has 10 heteroatoms. The summed E-state index contributed by atoms with van der Waals surface area (Å²) in [6.07, 6.45) is 4.48. The van der Waals surface area contributed by atoms with Crippen LogP contribution in [-0.4, -0.2) is 51.3 Å². The number of hydrogen-bond acceptors (Lipinski definition) is 5. The summed E-state index contributed by atoms with van der Waals surface area (Å²) in [6.45, 7) is 9.04. The molecule has 2 aromatic heterocycles. The number of amides is 1. The van der Waals surface area contributed by atoms with Crippen LogP contribution in [-0.2, 0) is 28.4 Å². The monoisotopic (exact) mass is 422 g/mol. The molecular formula is C19H30N6O3S. The third-order valence-corrected chi connectivity index (χ3v) is 7.80. The molecule has 2 aromatic rings. The molecule has 1 amide bonds. The van der Waals surface area contributed by atoms with Gasteiger partial charge in [-0.15, -0.1) is 0 Å². The third-order valence-electron chi connectivity index (χ3n) is 5.83. The summed E-state index contributed by atoms with van der Waals surface area (Å²) in [5, 5.41) is 11.4. The molecule has 9 nitrogen and oxygen atoms in total. The fourth-order valence-electron chi connectivity index (χ4n) is 3.86. The minimum absolute atomic E-state index is 0.121. The van der Waals surface area contributed by atoms with E-state index in [1.165, 1.54) is 10.5 Å². The number of hydrogen-bond donors (Lipinski definition) is 1. The van der Waals surface area contributed by atoms with Crippen LogP contribution in [0.1, 0.15) is 49.7 Å². The van der Waals surface area contributed by atoms with E-state index in [-0.39, 0.29) is 29.3 Å². The van der Waals surface area contributed by atoms with E-state index in [0.29, 0.717) is 25.1 Å². The van der Waals surface area contributed by atoms with E-state index in [1.54, 1.807) is 24.9 Å². The Morgan fingerprint density at radius 1 is 1.28 bits per heavy atom. The van der Waals surface area contributed by atoms with Crippen LogP contribution in [0, 0.1) is 19.8 Å². The van der Waals surface area contributed by atoms with Gasteiger partial charge >= 0.3 is 0 Å². The second-order valence-corrected chi connectivity index (χ2v) is 9.56. The van der Waals surface area contributed by atoms with Gasteiger partial charge in [-0.3, -0.25) is 14.2 Å². The van der Waals surface area contributed by atoms with Crippen molar-refractivity contribution < 1.29 is 13.2 Å². The predicted octanol–water partition coefficient (Wildman–Crippen LogP) is 1.53. The predicted molar refractivity (Wildman–Crippen MR) is 109 cm³/mol. The second kappa shape index (κ2) is 8.27. The molecule has 0 aliphatic carbocycles. The lowest BCUT2D eigenvalue weighted by molar-refractivity contribution is -0.126. The van der Waals surface area contributed by atoms with Gasteiger partial charge < -0.3 is 5.32 Å². The zero-order valence-corrected chi connectivity index (χ0v) is 18.5. The molecular weight excluding hydrogens is 392 g/mol. The van der Waals surface area contributed by atoms with Crippen molar-refractivity contribution in [3.63, 3.8) is 0 Å². The summed E-state index contributed by atoms with van der Waals surface area (Å²) >= 11 is 0. The van der Waals surface area contributed by atoms with Crippen molar-refractivity contribution in [2.24, 2.45) is 13.0 Å². The van der Waals surface area contributed by atoms with Crippen molar-refractivity contribution in [1.82, 2.24) is 29.2 Å². The molecule has 2 atom stereocenters. The minimum atomic E-state index is -3.67. The molecule has 0 unspecified atom stereocenters. The van der Waals surface area contributed by atoms with E-state index in [9.17, 15) is 13.2 Å². The van der Waals surface area contributed by atoms with E-state index in [0.717, 1.165) is 17.8 Å². The SMILES string of the molecule is CCn1ncc([C@@H](C)NC(=O)[C@H]2CCCN(S(=O)(=O)c3cnn(C)c3C)C2)c1C. The summed E-state index contributed by atoms with van der Waals surface area (Å²) in [5.41, 5.74) is 2.60. The summed E-state index contributed by atoms with van der Waals surface area (Å²) in [4.78, 5) is 13.1. The van der Waals surface area contributed by atoms with Crippen LogP contribution in [0.5, 0.6) is 0 Å². The van der Waals surface area contributed by atoms with Gasteiger partial charge in [0, 0.05) is 37.9 Å². The highest BCUT2D eigenvalue weighted by molar-refractivity contribution is 7.89. The van der Waals surface area contributed by atoms with Gasteiger partial charge in [0.25, 0.3) is 0 Å². The number of aryl methyl sites for hydroxylation is 2. The van der Waals surface area contributed by atoms with Gasteiger partial charge in [-0.2, -0.15) is 14.5 Å². The van der Waals surface area contributed by atoms with Crippen molar-refractivity contribution >= 4 is 15.9 Å². The van der Waals surface area contributed by atoms with Gasteiger partial charge in [-0.05, 0) is 40.5 Å². The van der Waals surface area contributed by atoms with Crippen LogP contribution in [0.2, 0.25) is 0 Å². The lowest BCUT2D eigenvalue weighted by Gasteiger charge is -2.31. The lowest BCUT2D eigenvalue weighted by Crippen LogP contribution is -2.45. The fourth-order valence-corrected chi connectivity index (χ4v) is 5.57. The van der Waals surface area contributed by atoms with E-state index in [1.807, 2.05) is 25.5 Å². The maximum Gasteiger partial charge on any atom is 0.246 e. The highest BCUT2D eigenvalue weighted by atomic mass is 32.2. The van der Waals surface area contributed by atoms with E-state index in [4.69, 9.17) is 0 Å². The largest absolute Gasteiger partial charge is 0.349 e. The first-order chi connectivity index (χ1) is 13.7. The Hall–Kier alpha value is -2.20. The number of nitrogens with zero attached hydrogens (tertiary/aromatic N) is 5. The molecule has 1 aliphatic heterocycles. The smallest absolute Gasteiger partial charge is 0.246 e. The van der Waals surface area contributed by atoms with Crippen LogP contribution < -0.4 is 5.32 Å². The van der Waals surface area contributed by atoms with Crippen molar-refractivity contribution in [2.75, 3.05) is 13.1 Å². The number of sulfonamides is 1. The van der Waals surface area contributed by atoms with Crippen LogP contribution in [0.15, 0.2) is 17.3 Å². The van der Waals surface area contributed by atoms with Crippen LogP contribution >= 0.6 is 0 Å².